The second kappa shape index (κ2) is 9.26. The number of benzene rings is 3. The molecular formula is C25H22FN5O4. The molecule has 0 saturated carbocycles. The first-order chi connectivity index (χ1) is 16.7. The van der Waals surface area contributed by atoms with Gasteiger partial charge in [-0.1, -0.05) is 18.2 Å². The van der Waals surface area contributed by atoms with Crippen molar-refractivity contribution in [3.8, 4) is 11.4 Å². The molecule has 0 aliphatic carbocycles. The Bertz CT molecular complexity index is 1480. The molecule has 1 amide bonds. The number of imidazole rings is 1. The third kappa shape index (κ3) is 4.54. The summed E-state index contributed by atoms with van der Waals surface area (Å²) in [5, 5.41) is 24.8. The number of carbonyl (C=O) groups excluding carboxylic acids is 1. The highest BCUT2D eigenvalue weighted by Crippen LogP contribution is 2.34. The van der Waals surface area contributed by atoms with E-state index in [1.54, 1.807) is 61.5 Å². The van der Waals surface area contributed by atoms with Gasteiger partial charge in [0.05, 0.1) is 16.0 Å². The third-order valence-electron chi connectivity index (χ3n) is 5.40. The maximum atomic E-state index is 14.2. The maximum absolute atomic E-state index is 14.2. The predicted molar refractivity (Wildman–Crippen MR) is 132 cm³/mol. The number of hydrogen-bond donors (Lipinski definition) is 2. The van der Waals surface area contributed by atoms with Crippen LogP contribution in [0.15, 0.2) is 60.7 Å². The average molecular weight is 475 g/mol. The Kier molecular flexibility index (Phi) is 6.20. The Morgan fingerprint density at radius 1 is 1.17 bits per heavy atom. The number of hydrogen-bond acceptors (Lipinski definition) is 6. The molecule has 0 aliphatic rings. The summed E-state index contributed by atoms with van der Waals surface area (Å²) in [5.41, 5.74) is 2.31. The van der Waals surface area contributed by atoms with Crippen molar-refractivity contribution in [2.24, 2.45) is 0 Å². The number of rotatable bonds is 6. The minimum absolute atomic E-state index is 0.0832. The first-order valence-electron chi connectivity index (χ1n) is 10.6. The van der Waals surface area contributed by atoms with Gasteiger partial charge >= 0.3 is 0 Å². The number of halogens is 1. The summed E-state index contributed by atoms with van der Waals surface area (Å²) in [6.45, 7) is 1.83. The smallest absolute Gasteiger partial charge is 0.294 e. The van der Waals surface area contributed by atoms with Gasteiger partial charge in [0.2, 0.25) is 0 Å². The van der Waals surface area contributed by atoms with Crippen LogP contribution in [-0.2, 0) is 0 Å². The number of aromatic nitrogens is 2. The molecule has 0 radical (unpaired) electrons. The zero-order chi connectivity index (χ0) is 25.3. The van der Waals surface area contributed by atoms with Crippen LogP contribution in [-0.4, -0.2) is 39.8 Å². The summed E-state index contributed by atoms with van der Waals surface area (Å²) in [6, 6.07) is 13.5. The Hall–Kier alpha value is -4.73. The highest BCUT2D eigenvalue weighted by molar-refractivity contribution is 6.05. The lowest BCUT2D eigenvalue weighted by Gasteiger charge is -2.12. The van der Waals surface area contributed by atoms with E-state index in [1.165, 1.54) is 24.3 Å². The number of nitrogens with zero attached hydrogens (tertiary/aromatic N) is 4. The number of nitro benzene ring substituents is 1. The molecule has 0 bridgehead atoms. The molecule has 0 atom stereocenters. The van der Waals surface area contributed by atoms with Crippen LogP contribution in [0.1, 0.15) is 22.8 Å². The number of allylic oxidation sites excluding steroid dienone is 1. The van der Waals surface area contributed by atoms with Gasteiger partial charge in [-0.15, -0.1) is 0 Å². The van der Waals surface area contributed by atoms with E-state index in [-0.39, 0.29) is 22.6 Å². The predicted octanol–water partition coefficient (Wildman–Crippen LogP) is 5.34. The van der Waals surface area contributed by atoms with Gasteiger partial charge in [-0.2, -0.15) is 4.73 Å². The van der Waals surface area contributed by atoms with Crippen LogP contribution in [0.25, 0.3) is 28.5 Å². The van der Waals surface area contributed by atoms with Crippen LogP contribution in [0.5, 0.6) is 0 Å². The van der Waals surface area contributed by atoms with Crippen molar-refractivity contribution in [2.75, 3.05) is 24.3 Å². The van der Waals surface area contributed by atoms with Gasteiger partial charge in [-0.05, 0) is 55.0 Å². The molecule has 178 valence electrons. The highest BCUT2D eigenvalue weighted by Gasteiger charge is 2.22. The Labute approximate surface area is 199 Å². The Balaban J connectivity index is 1.63. The average Bonchev–Trinajstić information content (AvgIpc) is 3.15. The van der Waals surface area contributed by atoms with Gasteiger partial charge in [-0.3, -0.25) is 14.9 Å². The van der Waals surface area contributed by atoms with Crippen LogP contribution in [0.3, 0.4) is 0 Å². The standard InChI is InChI=1S/C25H22FN5O4/c1-4-5-15-6-11-19(26)18(12-15)25(32)27-17-9-7-16(8-10-17)24-28-20-13-22(29(2)3)23(31(34)35)14-21(20)30(24)33/h4-14,33H,1-3H3,(H,27,32). The lowest BCUT2D eigenvalue weighted by Crippen LogP contribution is -2.14. The van der Waals surface area contributed by atoms with Crippen LogP contribution < -0.4 is 10.2 Å². The van der Waals surface area contributed by atoms with Gasteiger partial charge in [0.15, 0.2) is 5.82 Å². The number of anilines is 2. The fraction of sp³-hybridized carbons (Fsp3) is 0.120. The number of amides is 1. The van der Waals surface area contributed by atoms with Gasteiger partial charge in [0.1, 0.15) is 17.0 Å². The minimum Gasteiger partial charge on any atom is -0.426 e. The molecule has 9 nitrogen and oxygen atoms in total. The molecule has 1 heterocycles. The molecular weight excluding hydrogens is 453 g/mol. The van der Waals surface area contributed by atoms with Crippen molar-refractivity contribution in [3.05, 3.63) is 87.7 Å². The van der Waals surface area contributed by atoms with Crippen molar-refractivity contribution < 1.29 is 19.3 Å². The quantitative estimate of drug-likeness (QED) is 0.221. The number of nitro groups is 1. The van der Waals surface area contributed by atoms with Gasteiger partial charge in [0, 0.05) is 31.4 Å². The van der Waals surface area contributed by atoms with E-state index in [0.29, 0.717) is 28.0 Å². The summed E-state index contributed by atoms with van der Waals surface area (Å²) in [5.74, 6) is -1.06. The normalized spacial score (nSPS) is 11.2. The van der Waals surface area contributed by atoms with E-state index in [9.17, 15) is 24.5 Å². The second-order valence-electron chi connectivity index (χ2n) is 8.00. The summed E-state index contributed by atoms with van der Waals surface area (Å²) in [6.07, 6.45) is 3.56. The number of nitrogens with one attached hydrogen (secondary N) is 1. The van der Waals surface area contributed by atoms with Gasteiger partial charge in [0.25, 0.3) is 11.6 Å². The van der Waals surface area contributed by atoms with E-state index >= 15 is 0 Å². The monoisotopic (exact) mass is 475 g/mol. The summed E-state index contributed by atoms with van der Waals surface area (Å²) in [7, 11) is 3.36. The third-order valence-corrected chi connectivity index (χ3v) is 5.40. The van der Waals surface area contributed by atoms with Crippen molar-refractivity contribution in [1.82, 2.24) is 9.71 Å². The number of carbonyl (C=O) groups is 1. The molecule has 0 unspecified atom stereocenters. The highest BCUT2D eigenvalue weighted by atomic mass is 19.1. The molecule has 0 aliphatic heterocycles. The molecule has 10 heteroatoms. The van der Waals surface area contributed by atoms with E-state index in [0.717, 1.165) is 4.73 Å². The first-order valence-corrected chi connectivity index (χ1v) is 10.6. The first kappa shape index (κ1) is 23.4. The lowest BCUT2D eigenvalue weighted by atomic mass is 10.1. The fourth-order valence-electron chi connectivity index (χ4n) is 3.69. The SMILES string of the molecule is CC=Cc1ccc(F)c(C(=O)Nc2ccc(-c3nc4cc(N(C)C)c([N+](=O)[O-])cc4n3O)cc2)c1. The largest absolute Gasteiger partial charge is 0.426 e. The topological polar surface area (TPSA) is 114 Å². The van der Waals surface area contributed by atoms with E-state index < -0.39 is 16.6 Å². The van der Waals surface area contributed by atoms with Crippen molar-refractivity contribution in [2.45, 2.75) is 6.92 Å². The molecule has 0 spiro atoms. The number of fused-ring (bicyclic) bond motifs is 1. The van der Waals surface area contributed by atoms with E-state index in [1.807, 2.05) is 6.92 Å². The van der Waals surface area contributed by atoms with E-state index in [4.69, 9.17) is 0 Å². The summed E-state index contributed by atoms with van der Waals surface area (Å²) in [4.78, 5) is 29.6. The molecule has 4 aromatic rings. The molecule has 35 heavy (non-hydrogen) atoms. The Morgan fingerprint density at radius 3 is 2.51 bits per heavy atom. The lowest BCUT2D eigenvalue weighted by molar-refractivity contribution is -0.384. The molecule has 0 saturated heterocycles. The zero-order valence-electron chi connectivity index (χ0n) is 19.2. The van der Waals surface area contributed by atoms with Crippen LogP contribution in [0.4, 0.5) is 21.5 Å². The molecule has 1 aromatic heterocycles. The van der Waals surface area contributed by atoms with Crippen molar-refractivity contribution in [3.63, 3.8) is 0 Å². The van der Waals surface area contributed by atoms with Gasteiger partial charge in [-0.25, -0.2) is 9.37 Å². The van der Waals surface area contributed by atoms with Crippen molar-refractivity contribution >= 4 is 40.1 Å². The second-order valence-corrected chi connectivity index (χ2v) is 8.00. The zero-order valence-corrected chi connectivity index (χ0v) is 19.2. The van der Waals surface area contributed by atoms with Crippen LogP contribution >= 0.6 is 0 Å². The molecule has 0 fully saturated rings. The minimum atomic E-state index is -0.632. The van der Waals surface area contributed by atoms with Crippen LogP contribution in [0, 0.1) is 15.9 Å². The molecule has 3 aromatic carbocycles. The van der Waals surface area contributed by atoms with Gasteiger partial charge < -0.3 is 15.4 Å². The maximum Gasteiger partial charge on any atom is 0.294 e. The Morgan fingerprint density at radius 2 is 1.89 bits per heavy atom. The van der Waals surface area contributed by atoms with E-state index in [2.05, 4.69) is 10.3 Å². The molecule has 2 N–H and O–H groups in total. The summed E-state index contributed by atoms with van der Waals surface area (Å²) >= 11 is 0. The van der Waals surface area contributed by atoms with Crippen molar-refractivity contribution in [1.29, 1.82) is 0 Å². The van der Waals surface area contributed by atoms with Crippen LogP contribution in [0.2, 0.25) is 0 Å². The molecule has 4 rings (SSSR count). The fourth-order valence-corrected chi connectivity index (χ4v) is 3.69. The summed E-state index contributed by atoms with van der Waals surface area (Å²) < 4.78 is 15.0.